The molecule has 1 saturated carbocycles. The van der Waals surface area contributed by atoms with Crippen LogP contribution in [-0.4, -0.2) is 12.6 Å². The summed E-state index contributed by atoms with van der Waals surface area (Å²) in [6, 6.07) is 8.83. The number of unbranched alkanes of at least 4 members (excludes halogenated alkanes) is 1. The Kier molecular flexibility index (Phi) is 4.08. The second-order valence-electron chi connectivity index (χ2n) is 4.33. The van der Waals surface area contributed by atoms with E-state index in [1.54, 1.807) is 0 Å². The summed E-state index contributed by atoms with van der Waals surface area (Å²) in [5, 5.41) is 0. The summed E-state index contributed by atoms with van der Waals surface area (Å²) in [6.45, 7) is 2.98. The quantitative estimate of drug-likeness (QED) is 0.606. The van der Waals surface area contributed by atoms with E-state index in [1.165, 1.54) is 12.0 Å². The molecule has 2 nitrogen and oxygen atoms in total. The standard InChI is InChI=1S/C13H18ClNO/c1-2-3-8-16-11-6-4-10(5-7-11)12-9-13(12)15-14/h4-7,12-13,15H,2-3,8-9H2,1H3. The zero-order valence-electron chi connectivity index (χ0n) is 9.58. The highest BCUT2D eigenvalue weighted by molar-refractivity contribution is 6.13. The fourth-order valence-electron chi connectivity index (χ4n) is 1.83. The molecule has 2 unspecified atom stereocenters. The molecule has 0 heterocycles. The zero-order valence-corrected chi connectivity index (χ0v) is 10.3. The normalized spacial score (nSPS) is 23.1. The number of nitrogens with one attached hydrogen (secondary N) is 1. The molecule has 1 aromatic rings. The van der Waals surface area contributed by atoms with E-state index in [4.69, 9.17) is 16.5 Å². The van der Waals surface area contributed by atoms with Crippen molar-refractivity contribution >= 4 is 11.8 Å². The predicted molar refractivity (Wildman–Crippen MR) is 67.0 cm³/mol. The second kappa shape index (κ2) is 5.55. The maximum absolute atomic E-state index is 5.61. The van der Waals surface area contributed by atoms with Crippen LogP contribution in [0, 0.1) is 0 Å². The van der Waals surface area contributed by atoms with E-state index in [0.717, 1.165) is 25.2 Å². The first-order valence-corrected chi connectivity index (χ1v) is 6.32. The summed E-state index contributed by atoms with van der Waals surface area (Å²) in [6.07, 6.45) is 3.42. The van der Waals surface area contributed by atoms with Gasteiger partial charge < -0.3 is 4.74 Å². The Hall–Kier alpha value is -0.730. The molecule has 0 radical (unpaired) electrons. The number of hydrogen-bond acceptors (Lipinski definition) is 2. The lowest BCUT2D eigenvalue weighted by Gasteiger charge is -2.06. The molecule has 1 N–H and O–H groups in total. The Morgan fingerprint density at radius 1 is 1.38 bits per heavy atom. The molecule has 3 heteroatoms. The van der Waals surface area contributed by atoms with Gasteiger partial charge in [-0.3, -0.25) is 0 Å². The molecule has 0 amide bonds. The lowest BCUT2D eigenvalue weighted by atomic mass is 10.1. The van der Waals surface area contributed by atoms with Gasteiger partial charge in [-0.15, -0.1) is 0 Å². The van der Waals surface area contributed by atoms with Crippen molar-refractivity contribution in [3.63, 3.8) is 0 Å². The Bertz CT molecular complexity index is 325. The fourth-order valence-corrected chi connectivity index (χ4v) is 2.07. The van der Waals surface area contributed by atoms with Gasteiger partial charge in [-0.2, -0.15) is 0 Å². The van der Waals surface area contributed by atoms with Crippen LogP contribution in [0.15, 0.2) is 24.3 Å². The van der Waals surface area contributed by atoms with Crippen LogP contribution in [0.3, 0.4) is 0 Å². The van der Waals surface area contributed by atoms with Crippen molar-refractivity contribution in [2.75, 3.05) is 6.61 Å². The maximum Gasteiger partial charge on any atom is 0.119 e. The molecule has 0 spiro atoms. The average molecular weight is 240 g/mol. The molecule has 0 saturated heterocycles. The lowest BCUT2D eigenvalue weighted by molar-refractivity contribution is 0.309. The lowest BCUT2D eigenvalue weighted by Crippen LogP contribution is -2.03. The van der Waals surface area contributed by atoms with Crippen molar-refractivity contribution in [1.82, 2.24) is 4.84 Å². The molecule has 2 rings (SSSR count). The predicted octanol–water partition coefficient (Wildman–Crippen LogP) is 3.46. The first-order valence-electron chi connectivity index (χ1n) is 5.94. The van der Waals surface area contributed by atoms with Gasteiger partial charge in [0.25, 0.3) is 0 Å². The Labute approximate surface area is 102 Å². The van der Waals surface area contributed by atoms with Gasteiger partial charge in [0, 0.05) is 12.0 Å². The first kappa shape index (κ1) is 11.7. The molecular formula is C13H18ClNO. The SMILES string of the molecule is CCCCOc1ccc(C2CC2NCl)cc1. The van der Waals surface area contributed by atoms with Gasteiger partial charge >= 0.3 is 0 Å². The third-order valence-electron chi connectivity index (χ3n) is 3.01. The molecule has 0 bridgehead atoms. The van der Waals surface area contributed by atoms with Crippen molar-refractivity contribution < 1.29 is 4.74 Å². The maximum atomic E-state index is 5.61. The van der Waals surface area contributed by atoms with Gasteiger partial charge in [-0.05, 0) is 42.3 Å². The van der Waals surface area contributed by atoms with Crippen molar-refractivity contribution in [3.8, 4) is 5.75 Å². The van der Waals surface area contributed by atoms with Crippen molar-refractivity contribution in [2.45, 2.75) is 38.1 Å². The number of rotatable bonds is 6. The highest BCUT2D eigenvalue weighted by Gasteiger charge is 2.37. The van der Waals surface area contributed by atoms with Crippen molar-refractivity contribution in [2.24, 2.45) is 0 Å². The van der Waals surface area contributed by atoms with Crippen LogP contribution in [0.1, 0.15) is 37.7 Å². The van der Waals surface area contributed by atoms with E-state index < -0.39 is 0 Å². The monoisotopic (exact) mass is 239 g/mol. The second-order valence-corrected chi connectivity index (χ2v) is 4.55. The largest absolute Gasteiger partial charge is 0.494 e. The summed E-state index contributed by atoms with van der Waals surface area (Å²) >= 11 is 5.58. The highest BCUT2D eigenvalue weighted by atomic mass is 35.5. The molecule has 2 atom stereocenters. The summed E-state index contributed by atoms with van der Waals surface area (Å²) in [5.41, 5.74) is 1.35. The van der Waals surface area contributed by atoms with Crippen LogP contribution in [0.5, 0.6) is 5.75 Å². The number of halogens is 1. The summed E-state index contributed by atoms with van der Waals surface area (Å²) in [7, 11) is 0. The number of benzene rings is 1. The van der Waals surface area contributed by atoms with Gasteiger partial charge in [-0.25, -0.2) is 4.84 Å². The Morgan fingerprint density at radius 3 is 2.69 bits per heavy atom. The van der Waals surface area contributed by atoms with Gasteiger partial charge in [0.2, 0.25) is 0 Å². The molecule has 1 aromatic carbocycles. The summed E-state index contributed by atoms with van der Waals surface area (Å²) in [4.78, 5) is 2.78. The Morgan fingerprint density at radius 2 is 2.12 bits per heavy atom. The third-order valence-corrected chi connectivity index (χ3v) is 3.29. The van der Waals surface area contributed by atoms with E-state index in [1.807, 2.05) is 0 Å². The van der Waals surface area contributed by atoms with Gasteiger partial charge in [0.15, 0.2) is 0 Å². The molecule has 88 valence electrons. The minimum atomic E-state index is 0.452. The number of hydrogen-bond donors (Lipinski definition) is 1. The third kappa shape index (κ3) is 2.89. The Balaban J connectivity index is 1.85. The zero-order chi connectivity index (χ0) is 11.4. The molecule has 0 aliphatic heterocycles. The smallest absolute Gasteiger partial charge is 0.119 e. The average Bonchev–Trinajstić information content (AvgIpc) is 3.10. The molecule has 1 aliphatic rings. The minimum Gasteiger partial charge on any atom is -0.494 e. The van der Waals surface area contributed by atoms with Crippen LogP contribution < -0.4 is 9.57 Å². The van der Waals surface area contributed by atoms with E-state index in [0.29, 0.717) is 12.0 Å². The fraction of sp³-hybridized carbons (Fsp3) is 0.538. The van der Waals surface area contributed by atoms with E-state index >= 15 is 0 Å². The molecule has 1 fully saturated rings. The van der Waals surface area contributed by atoms with E-state index in [9.17, 15) is 0 Å². The summed E-state index contributed by atoms with van der Waals surface area (Å²) < 4.78 is 5.61. The van der Waals surface area contributed by atoms with E-state index in [2.05, 4.69) is 36.0 Å². The van der Waals surface area contributed by atoms with Gasteiger partial charge in [0.1, 0.15) is 5.75 Å². The topological polar surface area (TPSA) is 21.3 Å². The molecule has 1 aliphatic carbocycles. The van der Waals surface area contributed by atoms with Crippen molar-refractivity contribution in [1.29, 1.82) is 0 Å². The molecule has 0 aromatic heterocycles. The molecular weight excluding hydrogens is 222 g/mol. The molecule has 16 heavy (non-hydrogen) atoms. The van der Waals surface area contributed by atoms with Gasteiger partial charge in [-0.1, -0.05) is 25.5 Å². The van der Waals surface area contributed by atoms with Crippen LogP contribution in [0.4, 0.5) is 0 Å². The van der Waals surface area contributed by atoms with Crippen LogP contribution in [-0.2, 0) is 0 Å². The van der Waals surface area contributed by atoms with Crippen LogP contribution in [0.25, 0.3) is 0 Å². The first-order chi connectivity index (χ1) is 7.85. The van der Waals surface area contributed by atoms with Crippen molar-refractivity contribution in [3.05, 3.63) is 29.8 Å². The number of ether oxygens (including phenoxy) is 1. The minimum absolute atomic E-state index is 0.452. The van der Waals surface area contributed by atoms with Gasteiger partial charge in [0.05, 0.1) is 6.61 Å². The van der Waals surface area contributed by atoms with Crippen LogP contribution >= 0.6 is 11.8 Å². The van der Waals surface area contributed by atoms with E-state index in [-0.39, 0.29) is 0 Å². The van der Waals surface area contributed by atoms with Crippen LogP contribution in [0.2, 0.25) is 0 Å². The summed E-state index contributed by atoms with van der Waals surface area (Å²) in [5.74, 6) is 1.55. The highest BCUT2D eigenvalue weighted by Crippen LogP contribution is 2.41.